The van der Waals surface area contributed by atoms with E-state index in [2.05, 4.69) is 0 Å². The number of hydrogen-bond donors (Lipinski definition) is 3. The van der Waals surface area contributed by atoms with Gasteiger partial charge in [0.25, 0.3) is 11.4 Å². The summed E-state index contributed by atoms with van der Waals surface area (Å²) in [6, 6.07) is 3.67. The number of nitrogens with zero attached hydrogens (tertiary/aromatic N) is 2. The lowest BCUT2D eigenvalue weighted by Crippen LogP contribution is -2.01. The Hall–Kier alpha value is -2.75. The van der Waals surface area contributed by atoms with Crippen LogP contribution in [-0.2, 0) is 4.57 Å². The molecule has 1 aromatic heterocycles. The number of nitro benzene ring substituents is 2. The summed E-state index contributed by atoms with van der Waals surface area (Å²) < 4.78 is 16.0. The highest BCUT2D eigenvalue weighted by atomic mass is 31.2. The third-order valence-electron chi connectivity index (χ3n) is 2.69. The monoisotopic (exact) mass is 329 g/mol. The first-order chi connectivity index (χ1) is 10.1. The van der Waals surface area contributed by atoms with E-state index in [4.69, 9.17) is 19.9 Å². The summed E-state index contributed by atoms with van der Waals surface area (Å²) in [5, 5.41) is 21.7. The van der Waals surface area contributed by atoms with E-state index in [1.165, 1.54) is 0 Å². The van der Waals surface area contributed by atoms with Crippen LogP contribution in [0.4, 0.5) is 17.1 Å². The van der Waals surface area contributed by atoms with Crippen LogP contribution in [0.5, 0.6) is 0 Å². The van der Waals surface area contributed by atoms with E-state index in [1.807, 2.05) is 0 Å². The lowest BCUT2D eigenvalue weighted by molar-refractivity contribution is -0.393. The van der Waals surface area contributed by atoms with Gasteiger partial charge in [0.05, 0.1) is 21.5 Å². The van der Waals surface area contributed by atoms with Gasteiger partial charge in [-0.15, -0.1) is 0 Å². The van der Waals surface area contributed by atoms with E-state index in [1.54, 1.807) is 0 Å². The SMILES string of the molecule is Nc1c(-c2ccc(P(=O)(O)O)o2)cc([N+](=O)[O-])cc1[N+](=O)[O-]. The third-order valence-corrected chi connectivity index (χ3v) is 3.51. The summed E-state index contributed by atoms with van der Waals surface area (Å²) in [5.41, 5.74) is 2.96. The zero-order valence-corrected chi connectivity index (χ0v) is 11.5. The molecule has 12 heteroatoms. The van der Waals surface area contributed by atoms with Crippen molar-refractivity contribution in [2.75, 3.05) is 5.73 Å². The Morgan fingerprint density at radius 1 is 1.14 bits per heavy atom. The lowest BCUT2D eigenvalue weighted by atomic mass is 10.1. The number of nitro groups is 2. The van der Waals surface area contributed by atoms with Crippen LogP contribution in [-0.4, -0.2) is 19.6 Å². The van der Waals surface area contributed by atoms with Crippen LogP contribution >= 0.6 is 7.60 Å². The number of nitrogen functional groups attached to an aromatic ring is 1. The fourth-order valence-corrected chi connectivity index (χ4v) is 2.20. The molecule has 0 amide bonds. The molecular weight excluding hydrogens is 321 g/mol. The summed E-state index contributed by atoms with van der Waals surface area (Å²) >= 11 is 0. The summed E-state index contributed by atoms with van der Waals surface area (Å²) in [4.78, 5) is 37.9. The normalized spacial score (nSPS) is 11.4. The van der Waals surface area contributed by atoms with Gasteiger partial charge in [-0.3, -0.25) is 24.8 Å². The Morgan fingerprint density at radius 3 is 2.23 bits per heavy atom. The van der Waals surface area contributed by atoms with E-state index in [0.29, 0.717) is 6.07 Å². The van der Waals surface area contributed by atoms with Crippen molar-refractivity contribution < 1.29 is 28.6 Å². The average molecular weight is 329 g/mol. The summed E-state index contributed by atoms with van der Waals surface area (Å²) in [6.07, 6.45) is 0. The van der Waals surface area contributed by atoms with Gasteiger partial charge in [0.1, 0.15) is 11.4 Å². The molecular formula is C10H8N3O8P. The van der Waals surface area contributed by atoms with Gasteiger partial charge in [-0.2, -0.15) is 0 Å². The minimum atomic E-state index is -4.67. The van der Waals surface area contributed by atoms with Gasteiger partial charge in [0, 0.05) is 6.07 Å². The molecule has 0 aliphatic rings. The summed E-state index contributed by atoms with van der Waals surface area (Å²) in [7, 11) is -4.67. The molecule has 0 unspecified atom stereocenters. The number of rotatable bonds is 4. The molecule has 0 saturated heterocycles. The van der Waals surface area contributed by atoms with E-state index in [9.17, 15) is 24.8 Å². The minimum Gasteiger partial charge on any atom is -0.448 e. The molecule has 22 heavy (non-hydrogen) atoms. The molecule has 11 nitrogen and oxygen atoms in total. The standard InChI is InChI=1S/C10H8N3O8P/c11-10-6(8-1-2-9(21-8)22(18,19)20)3-5(12(14)15)4-7(10)13(16)17/h1-4H,11H2,(H2,18,19,20). The van der Waals surface area contributed by atoms with E-state index < -0.39 is 40.0 Å². The van der Waals surface area contributed by atoms with Gasteiger partial charge < -0.3 is 19.9 Å². The molecule has 0 aliphatic carbocycles. The number of anilines is 1. The molecule has 4 N–H and O–H groups in total. The predicted octanol–water partition coefficient (Wildman–Crippen LogP) is 1.15. The van der Waals surface area contributed by atoms with Gasteiger partial charge in [-0.05, 0) is 12.1 Å². The summed E-state index contributed by atoms with van der Waals surface area (Å²) in [6.45, 7) is 0. The fourth-order valence-electron chi connectivity index (χ4n) is 1.71. The first-order valence-corrected chi connectivity index (χ1v) is 7.11. The van der Waals surface area contributed by atoms with Crippen molar-refractivity contribution in [3.63, 3.8) is 0 Å². The molecule has 0 bridgehead atoms. The van der Waals surface area contributed by atoms with Crippen LogP contribution in [0.2, 0.25) is 0 Å². The van der Waals surface area contributed by atoms with Gasteiger partial charge in [-0.1, -0.05) is 0 Å². The largest absolute Gasteiger partial charge is 0.448 e. The second kappa shape index (κ2) is 5.22. The van der Waals surface area contributed by atoms with E-state index >= 15 is 0 Å². The van der Waals surface area contributed by atoms with Gasteiger partial charge in [0.15, 0.2) is 0 Å². The van der Waals surface area contributed by atoms with Crippen molar-refractivity contribution in [1.29, 1.82) is 0 Å². The highest BCUT2D eigenvalue weighted by molar-refractivity contribution is 7.59. The van der Waals surface area contributed by atoms with Crippen LogP contribution in [0.1, 0.15) is 0 Å². The molecule has 0 atom stereocenters. The highest BCUT2D eigenvalue weighted by Gasteiger charge is 2.27. The highest BCUT2D eigenvalue weighted by Crippen LogP contribution is 2.40. The fraction of sp³-hybridized carbons (Fsp3) is 0. The van der Waals surface area contributed by atoms with Crippen LogP contribution < -0.4 is 11.2 Å². The first-order valence-electron chi connectivity index (χ1n) is 5.50. The van der Waals surface area contributed by atoms with Crippen molar-refractivity contribution in [1.82, 2.24) is 0 Å². The van der Waals surface area contributed by atoms with Crippen molar-refractivity contribution in [3.05, 3.63) is 44.5 Å². The van der Waals surface area contributed by atoms with E-state index in [-0.39, 0.29) is 11.3 Å². The Morgan fingerprint density at radius 2 is 1.77 bits per heavy atom. The molecule has 0 aliphatic heterocycles. The van der Waals surface area contributed by atoms with Gasteiger partial charge >= 0.3 is 7.60 Å². The number of furan rings is 1. The average Bonchev–Trinajstić information content (AvgIpc) is 2.87. The molecule has 2 aromatic rings. The zero-order chi connectivity index (χ0) is 16.7. The predicted molar refractivity (Wildman–Crippen MR) is 73.5 cm³/mol. The molecule has 116 valence electrons. The maximum absolute atomic E-state index is 11.1. The molecule has 2 rings (SSSR count). The van der Waals surface area contributed by atoms with E-state index in [0.717, 1.165) is 18.2 Å². The smallest absolute Gasteiger partial charge is 0.391 e. The summed E-state index contributed by atoms with van der Waals surface area (Å²) in [5.74, 6) is -0.234. The van der Waals surface area contributed by atoms with Crippen molar-refractivity contribution >= 4 is 30.2 Å². The van der Waals surface area contributed by atoms with Crippen molar-refractivity contribution in [2.24, 2.45) is 0 Å². The quantitative estimate of drug-likeness (QED) is 0.320. The second-order valence-electron chi connectivity index (χ2n) is 4.12. The van der Waals surface area contributed by atoms with Crippen LogP contribution in [0.3, 0.4) is 0 Å². The lowest BCUT2D eigenvalue weighted by Gasteiger charge is -2.04. The van der Waals surface area contributed by atoms with Crippen molar-refractivity contribution in [3.8, 4) is 11.3 Å². The van der Waals surface area contributed by atoms with Crippen LogP contribution in [0.25, 0.3) is 11.3 Å². The number of nitrogens with two attached hydrogens (primary N) is 1. The number of benzene rings is 1. The number of non-ortho nitro benzene ring substituents is 1. The first kappa shape index (κ1) is 15.6. The topological polar surface area (TPSA) is 183 Å². The Labute approximate surface area is 121 Å². The maximum Gasteiger partial charge on any atom is 0.391 e. The van der Waals surface area contributed by atoms with Crippen molar-refractivity contribution in [2.45, 2.75) is 0 Å². The molecule has 0 saturated carbocycles. The molecule has 0 radical (unpaired) electrons. The van der Waals surface area contributed by atoms with Crippen LogP contribution in [0.15, 0.2) is 28.7 Å². The zero-order valence-electron chi connectivity index (χ0n) is 10.6. The molecule has 1 heterocycles. The molecule has 1 aromatic carbocycles. The Kier molecular flexibility index (Phi) is 3.71. The molecule has 0 spiro atoms. The van der Waals surface area contributed by atoms with Gasteiger partial charge in [-0.25, -0.2) is 0 Å². The Bertz CT molecular complexity index is 824. The minimum absolute atomic E-state index is 0.208. The van der Waals surface area contributed by atoms with Gasteiger partial charge in [0.2, 0.25) is 5.50 Å². The third kappa shape index (κ3) is 2.81. The maximum atomic E-state index is 11.1. The Balaban J connectivity index is 2.69. The van der Waals surface area contributed by atoms with Crippen LogP contribution in [0, 0.1) is 20.2 Å². The second-order valence-corrected chi connectivity index (χ2v) is 5.65. The number of hydrogen-bond acceptors (Lipinski definition) is 7. The molecule has 0 fully saturated rings.